The number of nitrogens with one attached hydrogen (secondary N) is 1. The molecule has 2 aliphatic heterocycles. The molecule has 2 atom stereocenters. The zero-order valence-electron chi connectivity index (χ0n) is 28.1. The molecule has 3 aromatic rings. The maximum atomic E-state index is 13.6. The molecule has 0 aliphatic carbocycles. The van der Waals surface area contributed by atoms with E-state index in [4.69, 9.17) is 9.47 Å². The first-order valence-electron chi connectivity index (χ1n) is 16.7. The van der Waals surface area contributed by atoms with Gasteiger partial charge in [0.15, 0.2) is 6.61 Å². The predicted molar refractivity (Wildman–Crippen MR) is 180 cm³/mol. The first-order chi connectivity index (χ1) is 23.5. The molecule has 5 rings (SSSR count). The molecular formula is C36H43N5O8. The van der Waals surface area contributed by atoms with Gasteiger partial charge in [-0.05, 0) is 63.3 Å². The van der Waals surface area contributed by atoms with Crippen LogP contribution in [0.4, 0.5) is 4.79 Å². The lowest BCUT2D eigenvalue weighted by atomic mass is 9.97. The average molecular weight is 674 g/mol. The normalized spacial score (nSPS) is 16.7. The van der Waals surface area contributed by atoms with Crippen LogP contribution in [0.2, 0.25) is 0 Å². The molecule has 0 saturated carbocycles. The van der Waals surface area contributed by atoms with Gasteiger partial charge in [0.2, 0.25) is 5.91 Å². The second kappa shape index (κ2) is 15.8. The Labute approximate surface area is 285 Å². The molecule has 1 unspecified atom stereocenters. The smallest absolute Gasteiger partial charge is 0.409 e. The summed E-state index contributed by atoms with van der Waals surface area (Å²) in [5.41, 5.74) is 3.83. The number of hydrogen-bond acceptors (Lipinski definition) is 8. The lowest BCUT2D eigenvalue weighted by Gasteiger charge is -2.35. The van der Waals surface area contributed by atoms with Gasteiger partial charge < -0.3 is 34.6 Å². The molecule has 260 valence electrons. The summed E-state index contributed by atoms with van der Waals surface area (Å²) in [7, 11) is 0. The SMILES string of the molecule is CCOC(=O)N1CCN(C(=O)[C@H](CCC(=O)O)NC(=O)c2cc(OCC(=O)N3CCCC3c3ccc(C)cc3C)c3ccccc3n2)CC1. The number of carbonyl (C=O) groups excluding carboxylic acids is 4. The Bertz CT molecular complexity index is 1720. The van der Waals surface area contributed by atoms with Crippen molar-refractivity contribution < 1.29 is 38.6 Å². The van der Waals surface area contributed by atoms with Crippen LogP contribution in [0.25, 0.3) is 10.9 Å². The molecule has 2 aromatic carbocycles. The lowest BCUT2D eigenvalue weighted by molar-refractivity contribution is -0.138. The molecule has 4 amide bonds. The highest BCUT2D eigenvalue weighted by Gasteiger charge is 2.33. The number of piperazine rings is 1. The molecule has 13 nitrogen and oxygen atoms in total. The average Bonchev–Trinajstić information content (AvgIpc) is 3.58. The van der Waals surface area contributed by atoms with Crippen LogP contribution in [0, 0.1) is 13.8 Å². The number of benzene rings is 2. The number of amides is 4. The summed E-state index contributed by atoms with van der Waals surface area (Å²) in [6, 6.07) is 13.6. The lowest BCUT2D eigenvalue weighted by Crippen LogP contribution is -2.56. The monoisotopic (exact) mass is 673 g/mol. The number of aliphatic carboxylic acids is 1. The first kappa shape index (κ1) is 35.1. The molecule has 2 aliphatic rings. The highest BCUT2D eigenvalue weighted by molar-refractivity contribution is 5.99. The van der Waals surface area contributed by atoms with Crippen LogP contribution in [-0.2, 0) is 19.1 Å². The van der Waals surface area contributed by atoms with Crippen molar-refractivity contribution in [1.29, 1.82) is 0 Å². The highest BCUT2D eigenvalue weighted by atomic mass is 16.6. The van der Waals surface area contributed by atoms with Gasteiger partial charge in [-0.15, -0.1) is 0 Å². The van der Waals surface area contributed by atoms with Gasteiger partial charge in [-0.2, -0.15) is 0 Å². The minimum absolute atomic E-state index is 0.0411. The van der Waals surface area contributed by atoms with Gasteiger partial charge in [0.25, 0.3) is 11.8 Å². The Morgan fingerprint density at radius 3 is 2.43 bits per heavy atom. The second-order valence-electron chi connectivity index (χ2n) is 12.4. The van der Waals surface area contributed by atoms with E-state index in [1.54, 1.807) is 31.2 Å². The number of pyridine rings is 1. The van der Waals surface area contributed by atoms with Gasteiger partial charge in [-0.25, -0.2) is 9.78 Å². The number of carboxylic acids is 1. The fraction of sp³-hybridized carbons (Fsp3) is 0.444. The number of fused-ring (bicyclic) bond motifs is 1. The van der Waals surface area contributed by atoms with Crippen molar-refractivity contribution in [3.8, 4) is 5.75 Å². The quantitative estimate of drug-likeness (QED) is 0.308. The molecule has 1 aromatic heterocycles. The van der Waals surface area contributed by atoms with Crippen molar-refractivity contribution in [3.05, 3.63) is 70.9 Å². The van der Waals surface area contributed by atoms with Gasteiger partial charge in [0.05, 0.1) is 18.2 Å². The van der Waals surface area contributed by atoms with E-state index in [0.29, 0.717) is 17.4 Å². The van der Waals surface area contributed by atoms with Crippen molar-refractivity contribution in [2.24, 2.45) is 0 Å². The van der Waals surface area contributed by atoms with E-state index in [1.807, 2.05) is 11.8 Å². The number of nitrogens with zero attached hydrogens (tertiary/aromatic N) is 4. The van der Waals surface area contributed by atoms with E-state index in [1.165, 1.54) is 15.9 Å². The summed E-state index contributed by atoms with van der Waals surface area (Å²) >= 11 is 0. The predicted octanol–water partition coefficient (Wildman–Crippen LogP) is 3.86. The van der Waals surface area contributed by atoms with Crippen LogP contribution >= 0.6 is 0 Å². The van der Waals surface area contributed by atoms with Crippen LogP contribution < -0.4 is 10.1 Å². The van der Waals surface area contributed by atoms with Crippen LogP contribution in [0.3, 0.4) is 0 Å². The number of hydrogen-bond donors (Lipinski definition) is 2. The maximum absolute atomic E-state index is 13.6. The maximum Gasteiger partial charge on any atom is 0.409 e. The van der Waals surface area contributed by atoms with Gasteiger partial charge in [0.1, 0.15) is 17.5 Å². The zero-order chi connectivity index (χ0) is 35.1. The van der Waals surface area contributed by atoms with Gasteiger partial charge in [-0.1, -0.05) is 35.9 Å². The number of likely N-dealkylation sites (tertiary alicyclic amines) is 1. The summed E-state index contributed by atoms with van der Waals surface area (Å²) in [5, 5.41) is 12.6. The third-order valence-electron chi connectivity index (χ3n) is 8.99. The fourth-order valence-electron chi connectivity index (χ4n) is 6.49. The molecule has 0 spiro atoms. The van der Waals surface area contributed by atoms with Crippen molar-refractivity contribution in [2.75, 3.05) is 45.9 Å². The Balaban J connectivity index is 1.30. The molecular weight excluding hydrogens is 630 g/mol. The summed E-state index contributed by atoms with van der Waals surface area (Å²) in [6.07, 6.45) is 0.798. The molecule has 3 heterocycles. The van der Waals surface area contributed by atoms with E-state index in [2.05, 4.69) is 35.4 Å². The minimum Gasteiger partial charge on any atom is -0.483 e. The molecule has 0 radical (unpaired) electrons. The second-order valence-corrected chi connectivity index (χ2v) is 12.4. The number of rotatable bonds is 11. The highest BCUT2D eigenvalue weighted by Crippen LogP contribution is 2.34. The Morgan fingerprint density at radius 1 is 0.980 bits per heavy atom. The summed E-state index contributed by atoms with van der Waals surface area (Å²) in [6.45, 7) is 7.34. The third-order valence-corrected chi connectivity index (χ3v) is 8.99. The number of ether oxygens (including phenoxy) is 2. The van der Waals surface area contributed by atoms with Crippen molar-refractivity contribution in [3.63, 3.8) is 0 Å². The van der Waals surface area contributed by atoms with Gasteiger partial charge >= 0.3 is 12.1 Å². The Morgan fingerprint density at radius 2 is 1.71 bits per heavy atom. The van der Waals surface area contributed by atoms with Crippen LogP contribution in [0.5, 0.6) is 5.75 Å². The summed E-state index contributed by atoms with van der Waals surface area (Å²) < 4.78 is 11.1. The van der Waals surface area contributed by atoms with E-state index < -0.39 is 29.9 Å². The van der Waals surface area contributed by atoms with E-state index >= 15 is 0 Å². The standard InChI is InChI=1S/C36H43N5O8/c1-4-48-36(47)40-18-16-39(17-19-40)35(46)28(13-14-33(43)44)38-34(45)29-21-31(26-8-5-6-9-27(26)37-29)49-22-32(42)41-15-7-10-30(41)25-12-11-23(2)20-24(25)3/h5-6,8-9,11-12,20-21,28,30H,4,7,10,13-19,22H2,1-3H3,(H,38,45)(H,43,44)/t28-,30?/m0/s1. The van der Waals surface area contributed by atoms with Gasteiger partial charge in [0, 0.05) is 50.6 Å². The molecule has 2 fully saturated rings. The topological polar surface area (TPSA) is 159 Å². The zero-order valence-corrected chi connectivity index (χ0v) is 28.1. The largest absolute Gasteiger partial charge is 0.483 e. The Kier molecular flexibility index (Phi) is 11.3. The number of para-hydroxylation sites is 1. The number of carboxylic acid groups (broad SMARTS) is 1. The summed E-state index contributed by atoms with van der Waals surface area (Å²) in [4.78, 5) is 73.5. The van der Waals surface area contributed by atoms with E-state index in [0.717, 1.165) is 29.5 Å². The fourth-order valence-corrected chi connectivity index (χ4v) is 6.49. The Hall–Kier alpha value is -5.20. The van der Waals surface area contributed by atoms with E-state index in [-0.39, 0.29) is 75.6 Å². The minimum atomic E-state index is -1.14. The van der Waals surface area contributed by atoms with Gasteiger partial charge in [-0.3, -0.25) is 19.2 Å². The first-order valence-corrected chi connectivity index (χ1v) is 16.7. The molecule has 2 N–H and O–H groups in total. The number of aryl methyl sites for hydroxylation is 2. The van der Waals surface area contributed by atoms with Crippen molar-refractivity contribution in [2.45, 2.75) is 58.5 Å². The van der Waals surface area contributed by atoms with Crippen LogP contribution in [-0.4, -0.2) is 107 Å². The summed E-state index contributed by atoms with van der Waals surface area (Å²) in [5.74, 6) is -2.14. The van der Waals surface area contributed by atoms with E-state index in [9.17, 15) is 29.1 Å². The molecule has 0 bridgehead atoms. The van der Waals surface area contributed by atoms with Crippen molar-refractivity contribution >= 4 is 40.7 Å². The molecule has 2 saturated heterocycles. The van der Waals surface area contributed by atoms with Crippen LogP contribution in [0.1, 0.15) is 65.8 Å². The third kappa shape index (κ3) is 8.45. The number of aromatic nitrogens is 1. The van der Waals surface area contributed by atoms with Crippen molar-refractivity contribution in [1.82, 2.24) is 25.0 Å². The molecule has 49 heavy (non-hydrogen) atoms. The van der Waals surface area contributed by atoms with Crippen LogP contribution in [0.15, 0.2) is 48.5 Å². The molecule has 13 heteroatoms. The number of carbonyl (C=O) groups is 5.